The summed E-state index contributed by atoms with van der Waals surface area (Å²) >= 11 is 1.56. The summed E-state index contributed by atoms with van der Waals surface area (Å²) in [5, 5.41) is 17.7. The zero-order chi connectivity index (χ0) is 26.5. The lowest BCUT2D eigenvalue weighted by atomic mass is 9.95. The average Bonchev–Trinajstić information content (AvgIpc) is 3.37. The minimum absolute atomic E-state index is 0.374. The highest BCUT2D eigenvalue weighted by Gasteiger charge is 2.15. The second-order valence-electron chi connectivity index (χ2n) is 8.91. The fourth-order valence-electron chi connectivity index (χ4n) is 4.45. The average molecular weight is 525 g/mol. The van der Waals surface area contributed by atoms with Crippen LogP contribution in [0.5, 0.6) is 5.75 Å². The van der Waals surface area contributed by atoms with Crippen LogP contribution in [-0.4, -0.2) is 36.8 Å². The summed E-state index contributed by atoms with van der Waals surface area (Å²) in [5.41, 5.74) is 4.20. The van der Waals surface area contributed by atoms with Crippen LogP contribution in [0.1, 0.15) is 34.0 Å². The predicted molar refractivity (Wildman–Crippen MR) is 154 cm³/mol. The highest BCUT2D eigenvalue weighted by atomic mass is 32.1. The van der Waals surface area contributed by atoms with Crippen LogP contribution in [0.25, 0.3) is 27.1 Å². The van der Waals surface area contributed by atoms with Crippen molar-refractivity contribution in [3.63, 3.8) is 0 Å². The number of nitrogens with zero attached hydrogens (tertiary/aromatic N) is 1. The summed E-state index contributed by atoms with van der Waals surface area (Å²) in [6.45, 7) is 0.498. The van der Waals surface area contributed by atoms with Crippen molar-refractivity contribution in [3.8, 4) is 5.75 Å². The van der Waals surface area contributed by atoms with Gasteiger partial charge < -0.3 is 19.9 Å². The third kappa shape index (κ3) is 5.69. The summed E-state index contributed by atoms with van der Waals surface area (Å²) in [6.07, 6.45) is 1.78. The molecule has 0 saturated heterocycles. The molecule has 1 aromatic heterocycles. The third-order valence-electron chi connectivity index (χ3n) is 6.40. The Morgan fingerprint density at radius 1 is 1.03 bits per heavy atom. The van der Waals surface area contributed by atoms with Gasteiger partial charge in [0.2, 0.25) is 0 Å². The van der Waals surface area contributed by atoms with E-state index in [1.54, 1.807) is 30.6 Å². The van der Waals surface area contributed by atoms with Gasteiger partial charge in [-0.15, -0.1) is 0 Å². The molecule has 6 nitrogen and oxygen atoms in total. The van der Waals surface area contributed by atoms with Gasteiger partial charge in [-0.1, -0.05) is 72.0 Å². The van der Waals surface area contributed by atoms with Crippen molar-refractivity contribution in [2.75, 3.05) is 26.1 Å². The molecule has 0 aliphatic heterocycles. The van der Waals surface area contributed by atoms with E-state index in [0.717, 1.165) is 48.6 Å². The quantitative estimate of drug-likeness (QED) is 0.205. The van der Waals surface area contributed by atoms with Crippen LogP contribution in [-0.2, 0) is 4.74 Å². The Bertz CT molecular complexity index is 1600. The van der Waals surface area contributed by atoms with E-state index < -0.39 is 6.10 Å². The van der Waals surface area contributed by atoms with Crippen LogP contribution in [0, 0.1) is 0 Å². The highest BCUT2D eigenvalue weighted by molar-refractivity contribution is 7.22. The second kappa shape index (κ2) is 11.5. The van der Waals surface area contributed by atoms with Crippen LogP contribution in [0.3, 0.4) is 0 Å². The Hall–Kier alpha value is -4.20. The van der Waals surface area contributed by atoms with E-state index in [0.29, 0.717) is 18.5 Å². The molecule has 0 spiro atoms. The van der Waals surface area contributed by atoms with Crippen LogP contribution in [0.2, 0.25) is 0 Å². The van der Waals surface area contributed by atoms with Crippen molar-refractivity contribution in [2.45, 2.75) is 12.5 Å². The van der Waals surface area contributed by atoms with Crippen molar-refractivity contribution < 1.29 is 19.4 Å². The molecule has 5 aromatic rings. The van der Waals surface area contributed by atoms with E-state index in [2.05, 4.69) is 17.4 Å². The van der Waals surface area contributed by atoms with Gasteiger partial charge in [0.25, 0.3) is 0 Å². The highest BCUT2D eigenvalue weighted by Crippen LogP contribution is 2.31. The summed E-state index contributed by atoms with van der Waals surface area (Å²) in [7, 11) is 3.02. The molecule has 0 fully saturated rings. The molecule has 1 heterocycles. The topological polar surface area (TPSA) is 80.7 Å². The number of nitrogens with one attached hydrogen (secondary N) is 1. The normalized spacial score (nSPS) is 12.4. The lowest BCUT2D eigenvalue weighted by Gasteiger charge is -2.17. The fraction of sp³-hybridized carbons (Fsp3) is 0.161. The van der Waals surface area contributed by atoms with E-state index in [4.69, 9.17) is 14.5 Å². The predicted octanol–water partition coefficient (Wildman–Crippen LogP) is 6.86. The Morgan fingerprint density at radius 3 is 2.61 bits per heavy atom. The van der Waals surface area contributed by atoms with E-state index in [9.17, 15) is 9.90 Å². The number of hydrogen-bond acceptors (Lipinski definition) is 7. The molecule has 7 heteroatoms. The number of aliphatic hydroxyl groups is 1. The van der Waals surface area contributed by atoms with Crippen LogP contribution in [0.15, 0.2) is 90.5 Å². The number of benzene rings is 4. The number of hydrogen-bond donors (Lipinski definition) is 2. The molecule has 0 radical (unpaired) electrons. The number of ether oxygens (including phenoxy) is 2. The maximum atomic E-state index is 11.8. The lowest BCUT2D eigenvalue weighted by molar-refractivity contribution is 0.0600. The molecule has 0 bridgehead atoms. The van der Waals surface area contributed by atoms with Crippen LogP contribution in [0.4, 0.5) is 5.13 Å². The molecule has 0 amide bonds. The van der Waals surface area contributed by atoms with Crippen molar-refractivity contribution >= 4 is 49.5 Å². The largest absolute Gasteiger partial charge is 0.497 e. The molecule has 4 aromatic carbocycles. The molecule has 0 aliphatic carbocycles. The van der Waals surface area contributed by atoms with Gasteiger partial charge in [0.15, 0.2) is 5.13 Å². The first kappa shape index (κ1) is 25.4. The molecule has 192 valence electrons. The minimum atomic E-state index is -0.692. The minimum Gasteiger partial charge on any atom is -0.497 e. The Morgan fingerprint density at radius 2 is 1.82 bits per heavy atom. The number of methoxy groups -OCH3 is 2. The molecule has 0 aliphatic rings. The van der Waals surface area contributed by atoms with Gasteiger partial charge in [0, 0.05) is 13.0 Å². The number of aliphatic hydroxyl groups excluding tert-OH is 1. The number of esters is 1. The van der Waals surface area contributed by atoms with Gasteiger partial charge in [-0.25, -0.2) is 9.78 Å². The van der Waals surface area contributed by atoms with E-state index in [1.807, 2.05) is 66.7 Å². The smallest absolute Gasteiger partial charge is 0.337 e. The summed E-state index contributed by atoms with van der Waals surface area (Å²) in [6, 6.07) is 27.1. The van der Waals surface area contributed by atoms with Gasteiger partial charge in [-0.3, -0.25) is 0 Å². The van der Waals surface area contributed by atoms with Crippen molar-refractivity contribution in [1.29, 1.82) is 0 Å². The van der Waals surface area contributed by atoms with E-state index >= 15 is 0 Å². The van der Waals surface area contributed by atoms with Crippen LogP contribution < -0.4 is 10.1 Å². The maximum absolute atomic E-state index is 11.8. The fourth-order valence-corrected chi connectivity index (χ4v) is 5.34. The van der Waals surface area contributed by atoms with Crippen molar-refractivity contribution in [3.05, 3.63) is 107 Å². The zero-order valence-corrected chi connectivity index (χ0v) is 22.0. The number of fused-ring (bicyclic) bond motifs is 2. The summed E-state index contributed by atoms with van der Waals surface area (Å²) < 4.78 is 11.2. The van der Waals surface area contributed by atoms with Gasteiger partial charge >= 0.3 is 5.97 Å². The van der Waals surface area contributed by atoms with Gasteiger partial charge in [0.1, 0.15) is 5.75 Å². The van der Waals surface area contributed by atoms with Crippen LogP contribution >= 0.6 is 11.3 Å². The molecule has 38 heavy (non-hydrogen) atoms. The molecular weight excluding hydrogens is 496 g/mol. The SMILES string of the molecule is COC(=O)c1ccc(C=C(CNc2nc3ccc(OC)cc3s2)CC(O)c2cccc3ccccc23)cc1. The van der Waals surface area contributed by atoms with Crippen molar-refractivity contribution in [1.82, 2.24) is 4.98 Å². The second-order valence-corrected chi connectivity index (χ2v) is 9.94. The van der Waals surface area contributed by atoms with Gasteiger partial charge in [0.05, 0.1) is 36.1 Å². The summed E-state index contributed by atoms with van der Waals surface area (Å²) in [4.78, 5) is 16.5. The van der Waals surface area contributed by atoms with E-state index in [-0.39, 0.29) is 5.97 Å². The third-order valence-corrected chi connectivity index (χ3v) is 7.38. The monoisotopic (exact) mass is 524 g/mol. The number of thiazole rings is 1. The first-order valence-corrected chi connectivity index (χ1v) is 13.1. The molecule has 2 N–H and O–H groups in total. The number of anilines is 1. The van der Waals surface area contributed by atoms with Gasteiger partial charge in [-0.05, 0) is 57.8 Å². The number of carbonyl (C=O) groups is 1. The Labute approximate surface area is 225 Å². The molecule has 5 rings (SSSR count). The molecule has 0 saturated carbocycles. The lowest BCUT2D eigenvalue weighted by Crippen LogP contribution is -2.09. The first-order valence-electron chi connectivity index (χ1n) is 12.3. The molecule has 1 unspecified atom stereocenters. The number of carbonyl (C=O) groups excluding carboxylic acids is 1. The Balaban J connectivity index is 1.42. The standard InChI is InChI=1S/C31H28N2O4S/c1-36-24-14-15-27-29(18-24)38-31(33-27)32-19-21(16-20-10-12-23(13-11-20)30(35)37-2)17-28(34)26-9-5-7-22-6-3-4-8-25(22)26/h3-16,18,28,34H,17,19H2,1-2H3,(H,32,33). The maximum Gasteiger partial charge on any atom is 0.337 e. The summed E-state index contributed by atoms with van der Waals surface area (Å²) in [5.74, 6) is 0.420. The van der Waals surface area contributed by atoms with Gasteiger partial charge in [-0.2, -0.15) is 0 Å². The molecule has 1 atom stereocenters. The Kier molecular flexibility index (Phi) is 7.67. The number of aromatic nitrogens is 1. The van der Waals surface area contributed by atoms with E-state index in [1.165, 1.54) is 7.11 Å². The van der Waals surface area contributed by atoms with Crippen molar-refractivity contribution in [2.24, 2.45) is 0 Å². The first-order chi connectivity index (χ1) is 18.5. The number of rotatable bonds is 9. The zero-order valence-electron chi connectivity index (χ0n) is 21.2. The molecular formula is C31H28N2O4S.